The lowest BCUT2D eigenvalue weighted by atomic mass is 10.0. The summed E-state index contributed by atoms with van der Waals surface area (Å²) in [6.45, 7) is 3.88. The van der Waals surface area contributed by atoms with Gasteiger partial charge >= 0.3 is 0 Å². The Morgan fingerprint density at radius 1 is 0.950 bits per heavy atom. The van der Waals surface area contributed by atoms with E-state index < -0.39 is 11.6 Å². The second-order valence-electron chi connectivity index (χ2n) is 4.80. The Hall–Kier alpha value is -1.26. The Bertz CT molecular complexity index is 601. The van der Waals surface area contributed by atoms with Crippen LogP contribution in [-0.2, 0) is 0 Å². The highest BCUT2D eigenvalue weighted by atomic mass is 79.9. The molecule has 1 nitrogen and oxygen atoms in total. The van der Waals surface area contributed by atoms with Crippen LogP contribution in [0.15, 0.2) is 46.9 Å². The van der Waals surface area contributed by atoms with Crippen molar-refractivity contribution in [3.8, 4) is 0 Å². The fraction of sp³-hybridized carbons (Fsp3) is 0.250. The van der Waals surface area contributed by atoms with Gasteiger partial charge in [0, 0.05) is 28.2 Å². The number of nitrogens with one attached hydrogen (secondary N) is 1. The Balaban J connectivity index is 2.15. The lowest BCUT2D eigenvalue weighted by Gasteiger charge is -2.22. The summed E-state index contributed by atoms with van der Waals surface area (Å²) in [6, 6.07) is 11.4. The molecule has 0 aliphatic carbocycles. The second kappa shape index (κ2) is 6.46. The van der Waals surface area contributed by atoms with Crippen molar-refractivity contribution in [2.24, 2.45) is 0 Å². The van der Waals surface area contributed by atoms with Gasteiger partial charge in [-0.2, -0.15) is 0 Å². The lowest BCUT2D eigenvalue weighted by Crippen LogP contribution is -2.23. The Morgan fingerprint density at radius 2 is 1.60 bits per heavy atom. The van der Waals surface area contributed by atoms with Gasteiger partial charge in [0.1, 0.15) is 11.6 Å². The molecule has 2 atom stereocenters. The summed E-state index contributed by atoms with van der Waals surface area (Å²) in [5.74, 6) is -1.08. The summed E-state index contributed by atoms with van der Waals surface area (Å²) in [7, 11) is 0. The number of hydrogen-bond donors (Lipinski definition) is 1. The molecule has 2 aromatic rings. The normalized spacial score (nSPS) is 14.1. The van der Waals surface area contributed by atoms with Crippen LogP contribution >= 0.6 is 15.9 Å². The molecule has 0 fully saturated rings. The Kier molecular flexibility index (Phi) is 4.89. The summed E-state index contributed by atoms with van der Waals surface area (Å²) >= 11 is 3.50. The molecule has 4 heteroatoms. The summed E-state index contributed by atoms with van der Waals surface area (Å²) in [4.78, 5) is 0. The fourth-order valence-corrected chi connectivity index (χ4v) is 2.86. The van der Waals surface area contributed by atoms with E-state index in [9.17, 15) is 8.78 Å². The van der Waals surface area contributed by atoms with Crippen molar-refractivity contribution >= 4 is 15.9 Å². The van der Waals surface area contributed by atoms with Crippen LogP contribution in [0.2, 0.25) is 0 Å². The minimum absolute atomic E-state index is 0.0463. The van der Waals surface area contributed by atoms with E-state index >= 15 is 0 Å². The minimum Gasteiger partial charge on any atom is -0.304 e. The first-order chi connectivity index (χ1) is 9.49. The van der Waals surface area contributed by atoms with Gasteiger partial charge < -0.3 is 5.32 Å². The van der Waals surface area contributed by atoms with Gasteiger partial charge in [-0.15, -0.1) is 0 Å². The number of benzene rings is 2. The Morgan fingerprint density at radius 3 is 2.25 bits per heavy atom. The molecule has 0 aliphatic heterocycles. The molecule has 106 valence electrons. The Labute approximate surface area is 126 Å². The third-order valence-electron chi connectivity index (χ3n) is 3.30. The van der Waals surface area contributed by atoms with Crippen molar-refractivity contribution in [2.75, 3.05) is 0 Å². The molecule has 0 saturated heterocycles. The number of hydrogen-bond acceptors (Lipinski definition) is 1. The summed E-state index contributed by atoms with van der Waals surface area (Å²) in [6.07, 6.45) is 0. The highest BCUT2D eigenvalue weighted by Gasteiger charge is 2.16. The first kappa shape index (κ1) is 15.1. The van der Waals surface area contributed by atoms with E-state index in [1.807, 2.05) is 38.1 Å². The van der Waals surface area contributed by atoms with E-state index in [-0.39, 0.29) is 12.1 Å². The van der Waals surface area contributed by atoms with Crippen molar-refractivity contribution in [3.05, 3.63) is 69.7 Å². The lowest BCUT2D eigenvalue weighted by molar-refractivity contribution is 0.469. The molecule has 0 saturated carbocycles. The van der Waals surface area contributed by atoms with Crippen LogP contribution < -0.4 is 5.32 Å². The quantitative estimate of drug-likeness (QED) is 0.813. The third-order valence-corrected chi connectivity index (χ3v) is 4.02. The molecular weight excluding hydrogens is 324 g/mol. The zero-order valence-electron chi connectivity index (χ0n) is 11.3. The van der Waals surface area contributed by atoms with Crippen LogP contribution in [0.4, 0.5) is 8.78 Å². The van der Waals surface area contributed by atoms with Gasteiger partial charge in [-0.1, -0.05) is 40.2 Å². The maximum absolute atomic E-state index is 13.7. The van der Waals surface area contributed by atoms with Gasteiger partial charge in [-0.25, -0.2) is 8.78 Å². The smallest absolute Gasteiger partial charge is 0.130 e. The van der Waals surface area contributed by atoms with E-state index in [1.54, 1.807) is 0 Å². The molecule has 2 rings (SSSR count). The van der Waals surface area contributed by atoms with E-state index in [2.05, 4.69) is 21.2 Å². The molecule has 1 unspecified atom stereocenters. The van der Waals surface area contributed by atoms with Crippen molar-refractivity contribution in [2.45, 2.75) is 25.9 Å². The molecule has 0 aromatic heterocycles. The van der Waals surface area contributed by atoms with Gasteiger partial charge in [-0.05, 0) is 31.5 Å². The maximum Gasteiger partial charge on any atom is 0.130 e. The molecular formula is C16H16BrF2N. The molecule has 20 heavy (non-hydrogen) atoms. The fourth-order valence-electron chi connectivity index (χ4n) is 2.23. The molecule has 2 aromatic carbocycles. The third kappa shape index (κ3) is 3.44. The number of halogens is 3. The minimum atomic E-state index is -0.558. The van der Waals surface area contributed by atoms with Crippen LogP contribution in [0.5, 0.6) is 0 Å². The summed E-state index contributed by atoms with van der Waals surface area (Å²) in [5, 5.41) is 3.32. The van der Waals surface area contributed by atoms with E-state index in [4.69, 9.17) is 0 Å². The first-order valence-electron chi connectivity index (χ1n) is 6.44. The molecule has 0 amide bonds. The van der Waals surface area contributed by atoms with Gasteiger partial charge in [0.15, 0.2) is 0 Å². The summed E-state index contributed by atoms with van der Waals surface area (Å²) in [5.41, 5.74) is 1.56. The van der Waals surface area contributed by atoms with Crippen molar-refractivity contribution in [3.63, 3.8) is 0 Å². The van der Waals surface area contributed by atoms with Gasteiger partial charge in [0.2, 0.25) is 0 Å². The maximum atomic E-state index is 13.7. The predicted octanol–water partition coefficient (Wildman–Crippen LogP) is 5.14. The van der Waals surface area contributed by atoms with Crippen molar-refractivity contribution in [1.29, 1.82) is 0 Å². The topological polar surface area (TPSA) is 12.0 Å². The zero-order chi connectivity index (χ0) is 14.7. The SMILES string of the molecule is CC(N[C@H](C)c1ccccc1Br)c1ccc(F)cc1F. The molecule has 0 spiro atoms. The van der Waals surface area contributed by atoms with Crippen LogP contribution in [0, 0.1) is 11.6 Å². The largest absolute Gasteiger partial charge is 0.304 e. The van der Waals surface area contributed by atoms with Crippen molar-refractivity contribution in [1.82, 2.24) is 5.32 Å². The van der Waals surface area contributed by atoms with Gasteiger partial charge in [0.05, 0.1) is 0 Å². The van der Waals surface area contributed by atoms with Crippen molar-refractivity contribution < 1.29 is 8.78 Å². The van der Waals surface area contributed by atoms with Crippen LogP contribution in [0.3, 0.4) is 0 Å². The molecule has 0 heterocycles. The van der Waals surface area contributed by atoms with Crippen LogP contribution in [-0.4, -0.2) is 0 Å². The highest BCUT2D eigenvalue weighted by Crippen LogP contribution is 2.26. The van der Waals surface area contributed by atoms with E-state index in [1.165, 1.54) is 12.1 Å². The monoisotopic (exact) mass is 339 g/mol. The molecule has 0 bridgehead atoms. The molecule has 0 aliphatic rings. The average molecular weight is 340 g/mol. The van der Waals surface area contributed by atoms with Gasteiger partial charge in [0.25, 0.3) is 0 Å². The average Bonchev–Trinajstić information content (AvgIpc) is 2.38. The summed E-state index contributed by atoms with van der Waals surface area (Å²) < 4.78 is 27.7. The predicted molar refractivity (Wildman–Crippen MR) is 80.5 cm³/mol. The van der Waals surface area contributed by atoms with Gasteiger partial charge in [-0.3, -0.25) is 0 Å². The first-order valence-corrected chi connectivity index (χ1v) is 7.23. The van der Waals surface area contributed by atoms with E-state index in [0.717, 1.165) is 16.1 Å². The molecule has 0 radical (unpaired) electrons. The molecule has 1 N–H and O–H groups in total. The standard InChI is InChI=1S/C16H16BrF2N/c1-10(13-5-3-4-6-15(13)17)20-11(2)14-8-7-12(18)9-16(14)19/h3-11,20H,1-2H3/t10-,11?/m1/s1. The van der Waals surface area contributed by atoms with Crippen LogP contribution in [0.1, 0.15) is 37.1 Å². The van der Waals surface area contributed by atoms with Crippen LogP contribution in [0.25, 0.3) is 0 Å². The number of rotatable bonds is 4. The van der Waals surface area contributed by atoms with E-state index in [0.29, 0.717) is 5.56 Å². The second-order valence-corrected chi connectivity index (χ2v) is 5.65. The zero-order valence-corrected chi connectivity index (χ0v) is 12.9. The highest BCUT2D eigenvalue weighted by molar-refractivity contribution is 9.10.